The molecule has 0 bridgehead atoms. The lowest BCUT2D eigenvalue weighted by molar-refractivity contribution is 0.0692. The number of carbonyl (C=O) groups is 1. The zero-order valence-electron chi connectivity index (χ0n) is 8.78. The van der Waals surface area contributed by atoms with Crippen LogP contribution in [0.15, 0.2) is 18.2 Å². The molecule has 0 saturated heterocycles. The van der Waals surface area contributed by atoms with E-state index in [9.17, 15) is 4.79 Å². The molecule has 86 valence electrons. The Hall–Kier alpha value is -1.22. The van der Waals surface area contributed by atoms with Gasteiger partial charge in [-0.25, -0.2) is 4.79 Å². The summed E-state index contributed by atoms with van der Waals surface area (Å²) >= 11 is 5.82. The molecule has 0 aromatic heterocycles. The second-order valence-electron chi connectivity index (χ2n) is 4.00. The van der Waals surface area contributed by atoms with Gasteiger partial charge in [0, 0.05) is 0 Å². The van der Waals surface area contributed by atoms with E-state index in [-0.39, 0.29) is 10.6 Å². The summed E-state index contributed by atoms with van der Waals surface area (Å²) in [6.45, 7) is 0.561. The molecule has 1 fully saturated rings. The molecule has 3 nitrogen and oxygen atoms in total. The van der Waals surface area contributed by atoms with Crippen LogP contribution in [0.5, 0.6) is 5.75 Å². The lowest BCUT2D eigenvalue weighted by atomic mass is 10.2. The molecule has 1 aromatic rings. The highest BCUT2D eigenvalue weighted by molar-refractivity contribution is 6.33. The molecule has 2 rings (SSSR count). The van der Waals surface area contributed by atoms with Gasteiger partial charge in [-0.3, -0.25) is 0 Å². The van der Waals surface area contributed by atoms with Gasteiger partial charge in [0.1, 0.15) is 11.3 Å². The van der Waals surface area contributed by atoms with Crippen LogP contribution in [0.2, 0.25) is 5.02 Å². The average molecular weight is 241 g/mol. The summed E-state index contributed by atoms with van der Waals surface area (Å²) in [7, 11) is 0. The molecule has 16 heavy (non-hydrogen) atoms. The van der Waals surface area contributed by atoms with Crippen molar-refractivity contribution in [2.24, 2.45) is 5.92 Å². The fraction of sp³-hybridized carbons (Fsp3) is 0.417. The van der Waals surface area contributed by atoms with E-state index in [1.54, 1.807) is 18.2 Å². The highest BCUT2D eigenvalue weighted by Gasteiger charge is 2.21. The Balaban J connectivity index is 2.05. The zero-order valence-corrected chi connectivity index (χ0v) is 9.54. The SMILES string of the molecule is O=C(O)c1c(Cl)cccc1OCCC1CC1. The van der Waals surface area contributed by atoms with Crippen LogP contribution < -0.4 is 4.74 Å². The van der Waals surface area contributed by atoms with Crippen molar-refractivity contribution < 1.29 is 14.6 Å². The summed E-state index contributed by atoms with van der Waals surface area (Å²) in [5, 5.41) is 9.22. The smallest absolute Gasteiger partial charge is 0.341 e. The minimum Gasteiger partial charge on any atom is -0.493 e. The molecule has 1 aliphatic carbocycles. The Bertz CT molecular complexity index is 399. The zero-order chi connectivity index (χ0) is 11.5. The van der Waals surface area contributed by atoms with Crippen LogP contribution in [0.1, 0.15) is 29.6 Å². The van der Waals surface area contributed by atoms with Gasteiger partial charge in [-0.15, -0.1) is 0 Å². The summed E-state index contributed by atoms with van der Waals surface area (Å²) in [6, 6.07) is 4.89. The maximum absolute atomic E-state index is 11.0. The normalized spacial score (nSPS) is 14.8. The van der Waals surface area contributed by atoms with E-state index in [2.05, 4.69) is 0 Å². The lowest BCUT2D eigenvalue weighted by Gasteiger charge is -2.09. The molecule has 0 radical (unpaired) electrons. The van der Waals surface area contributed by atoms with Gasteiger partial charge in [-0.2, -0.15) is 0 Å². The Morgan fingerprint density at radius 2 is 2.25 bits per heavy atom. The van der Waals surface area contributed by atoms with E-state index in [1.807, 2.05) is 0 Å². The maximum atomic E-state index is 11.0. The average Bonchev–Trinajstić information content (AvgIpc) is 3.01. The second-order valence-corrected chi connectivity index (χ2v) is 4.41. The number of benzene rings is 1. The topological polar surface area (TPSA) is 46.5 Å². The molecular formula is C12H13ClO3. The monoisotopic (exact) mass is 240 g/mol. The first-order valence-electron chi connectivity index (χ1n) is 5.33. The van der Waals surface area contributed by atoms with E-state index in [0.29, 0.717) is 12.4 Å². The van der Waals surface area contributed by atoms with Crippen molar-refractivity contribution in [1.82, 2.24) is 0 Å². The Labute approximate surface area is 99.0 Å². The molecule has 1 N–H and O–H groups in total. The molecule has 0 unspecified atom stereocenters. The van der Waals surface area contributed by atoms with E-state index in [1.165, 1.54) is 12.8 Å². The van der Waals surface area contributed by atoms with Crippen LogP contribution in [0.25, 0.3) is 0 Å². The molecule has 0 spiro atoms. The third kappa shape index (κ3) is 2.67. The number of aromatic carboxylic acids is 1. The molecule has 0 heterocycles. The van der Waals surface area contributed by atoms with Crippen LogP contribution in [-0.2, 0) is 0 Å². The van der Waals surface area contributed by atoms with Gasteiger partial charge in [-0.1, -0.05) is 30.5 Å². The van der Waals surface area contributed by atoms with E-state index in [0.717, 1.165) is 12.3 Å². The summed E-state index contributed by atoms with van der Waals surface area (Å²) in [5.41, 5.74) is 0.0555. The van der Waals surface area contributed by atoms with E-state index >= 15 is 0 Å². The Kier molecular flexibility index (Phi) is 3.34. The maximum Gasteiger partial charge on any atom is 0.341 e. The molecule has 0 atom stereocenters. The molecular weight excluding hydrogens is 228 g/mol. The largest absolute Gasteiger partial charge is 0.493 e. The van der Waals surface area contributed by atoms with Crippen molar-refractivity contribution in [1.29, 1.82) is 0 Å². The summed E-state index contributed by atoms with van der Waals surface area (Å²) in [5.74, 6) is 0.0835. The Morgan fingerprint density at radius 1 is 1.50 bits per heavy atom. The predicted octanol–water partition coefficient (Wildman–Crippen LogP) is 3.22. The number of carboxylic acids is 1. The molecule has 1 aromatic carbocycles. The van der Waals surface area contributed by atoms with Crippen LogP contribution in [0.3, 0.4) is 0 Å². The quantitative estimate of drug-likeness (QED) is 0.860. The van der Waals surface area contributed by atoms with Crippen LogP contribution in [-0.4, -0.2) is 17.7 Å². The van der Waals surface area contributed by atoms with Gasteiger partial charge in [0.2, 0.25) is 0 Å². The first-order valence-corrected chi connectivity index (χ1v) is 5.71. The predicted molar refractivity (Wildman–Crippen MR) is 61.2 cm³/mol. The van der Waals surface area contributed by atoms with Crippen molar-refractivity contribution in [3.63, 3.8) is 0 Å². The summed E-state index contributed by atoms with van der Waals surface area (Å²) < 4.78 is 5.46. The standard InChI is InChI=1S/C12H13ClO3/c13-9-2-1-3-10(11(9)12(14)15)16-7-6-8-4-5-8/h1-3,8H,4-7H2,(H,14,15). The fourth-order valence-electron chi connectivity index (χ4n) is 1.57. The number of halogens is 1. The second kappa shape index (κ2) is 4.74. The minimum absolute atomic E-state index is 0.0555. The van der Waals surface area contributed by atoms with Gasteiger partial charge < -0.3 is 9.84 Å². The number of rotatable bonds is 5. The third-order valence-corrected chi connectivity index (χ3v) is 2.98. The van der Waals surface area contributed by atoms with E-state index in [4.69, 9.17) is 21.4 Å². The minimum atomic E-state index is -1.05. The lowest BCUT2D eigenvalue weighted by Crippen LogP contribution is -2.05. The van der Waals surface area contributed by atoms with E-state index < -0.39 is 5.97 Å². The fourth-order valence-corrected chi connectivity index (χ4v) is 1.82. The van der Waals surface area contributed by atoms with Crippen molar-refractivity contribution in [3.05, 3.63) is 28.8 Å². The van der Waals surface area contributed by atoms with Crippen molar-refractivity contribution in [3.8, 4) is 5.75 Å². The Morgan fingerprint density at radius 3 is 2.88 bits per heavy atom. The number of hydrogen-bond donors (Lipinski definition) is 1. The third-order valence-electron chi connectivity index (χ3n) is 2.67. The van der Waals surface area contributed by atoms with Crippen LogP contribution >= 0.6 is 11.6 Å². The van der Waals surface area contributed by atoms with Crippen molar-refractivity contribution >= 4 is 17.6 Å². The number of ether oxygens (including phenoxy) is 1. The molecule has 0 aliphatic heterocycles. The van der Waals surface area contributed by atoms with Crippen LogP contribution in [0, 0.1) is 5.92 Å². The highest BCUT2D eigenvalue weighted by atomic mass is 35.5. The number of hydrogen-bond acceptors (Lipinski definition) is 2. The van der Waals surface area contributed by atoms with Gasteiger partial charge in [0.25, 0.3) is 0 Å². The highest BCUT2D eigenvalue weighted by Crippen LogP contribution is 2.33. The molecule has 1 saturated carbocycles. The molecule has 0 amide bonds. The van der Waals surface area contributed by atoms with Crippen LogP contribution in [0.4, 0.5) is 0 Å². The first-order chi connectivity index (χ1) is 7.68. The molecule has 4 heteroatoms. The van der Waals surface area contributed by atoms with Crippen molar-refractivity contribution in [2.45, 2.75) is 19.3 Å². The first kappa shape index (κ1) is 11.3. The summed E-state index contributed by atoms with van der Waals surface area (Å²) in [4.78, 5) is 11.0. The van der Waals surface area contributed by atoms with Gasteiger partial charge in [0.05, 0.1) is 11.6 Å². The van der Waals surface area contributed by atoms with Gasteiger partial charge in [0.15, 0.2) is 0 Å². The molecule has 1 aliphatic rings. The number of carboxylic acid groups (broad SMARTS) is 1. The summed E-state index contributed by atoms with van der Waals surface area (Å²) in [6.07, 6.45) is 3.53. The van der Waals surface area contributed by atoms with Gasteiger partial charge in [-0.05, 0) is 24.5 Å². The van der Waals surface area contributed by atoms with Gasteiger partial charge >= 0.3 is 5.97 Å². The van der Waals surface area contributed by atoms with Crippen molar-refractivity contribution in [2.75, 3.05) is 6.61 Å².